The molecule has 0 aliphatic carbocycles. The Morgan fingerprint density at radius 1 is 1.26 bits per heavy atom. The maximum Gasteiger partial charge on any atom is 0.490 e. The van der Waals surface area contributed by atoms with Crippen molar-refractivity contribution in [2.45, 2.75) is 26.2 Å². The number of carboxylic acid groups (broad SMARTS) is 1. The SMILES string of the molecule is Cc1cc(CNCc2ccn3nccc3c2)cnc1Br.O=C(O)C(F)(F)F. The number of carbonyl (C=O) groups is 1. The summed E-state index contributed by atoms with van der Waals surface area (Å²) in [6.07, 6.45) is 0.602. The molecule has 144 valence electrons. The molecule has 0 bridgehead atoms. The van der Waals surface area contributed by atoms with Gasteiger partial charge in [0.1, 0.15) is 4.60 Å². The highest BCUT2D eigenvalue weighted by Crippen LogP contribution is 2.14. The van der Waals surface area contributed by atoms with Crippen molar-refractivity contribution in [3.8, 4) is 0 Å². The van der Waals surface area contributed by atoms with Crippen LogP contribution in [0.15, 0.2) is 47.5 Å². The van der Waals surface area contributed by atoms with Crippen LogP contribution in [0.2, 0.25) is 0 Å². The number of pyridine rings is 2. The molecule has 3 rings (SSSR count). The number of aryl methyl sites for hydroxylation is 1. The Labute approximate surface area is 161 Å². The molecular formula is C17H16BrF3N4O2. The van der Waals surface area contributed by atoms with Gasteiger partial charge in [-0.3, -0.25) is 0 Å². The van der Waals surface area contributed by atoms with Gasteiger partial charge in [-0.1, -0.05) is 6.07 Å². The number of aromatic nitrogens is 3. The van der Waals surface area contributed by atoms with E-state index < -0.39 is 12.1 Å². The first-order valence-corrected chi connectivity index (χ1v) is 8.50. The molecule has 3 aromatic rings. The van der Waals surface area contributed by atoms with E-state index in [9.17, 15) is 13.2 Å². The van der Waals surface area contributed by atoms with E-state index in [1.165, 1.54) is 11.1 Å². The summed E-state index contributed by atoms with van der Waals surface area (Å²) in [6.45, 7) is 3.69. The lowest BCUT2D eigenvalue weighted by Gasteiger charge is -2.07. The average molecular weight is 445 g/mol. The highest BCUT2D eigenvalue weighted by molar-refractivity contribution is 9.10. The fourth-order valence-electron chi connectivity index (χ4n) is 2.14. The van der Waals surface area contributed by atoms with E-state index in [1.54, 1.807) is 0 Å². The largest absolute Gasteiger partial charge is 0.490 e. The molecule has 0 unspecified atom stereocenters. The second-order valence-corrected chi connectivity index (χ2v) is 6.34. The summed E-state index contributed by atoms with van der Waals surface area (Å²) in [5.41, 5.74) is 4.71. The topological polar surface area (TPSA) is 79.5 Å². The van der Waals surface area contributed by atoms with Crippen molar-refractivity contribution in [1.82, 2.24) is 19.9 Å². The van der Waals surface area contributed by atoms with Crippen LogP contribution in [-0.2, 0) is 17.9 Å². The Morgan fingerprint density at radius 2 is 1.93 bits per heavy atom. The zero-order valence-electron chi connectivity index (χ0n) is 14.2. The van der Waals surface area contributed by atoms with E-state index in [1.807, 2.05) is 36.1 Å². The maximum atomic E-state index is 10.6. The lowest BCUT2D eigenvalue weighted by atomic mass is 10.2. The van der Waals surface area contributed by atoms with Crippen LogP contribution in [0.3, 0.4) is 0 Å². The summed E-state index contributed by atoms with van der Waals surface area (Å²) in [6, 6.07) is 8.37. The third kappa shape index (κ3) is 6.33. The van der Waals surface area contributed by atoms with Crippen LogP contribution in [0.1, 0.15) is 16.7 Å². The standard InChI is InChI=1S/C15H15BrN4.C2HF3O2/c1-11-6-13(10-18-15(11)16)9-17-8-12-3-5-20-14(7-12)2-4-19-20;3-2(4,5)1(6)7/h2-7,10,17H,8-9H2,1H3;(H,6,7). The molecule has 0 aromatic carbocycles. The predicted molar refractivity (Wildman–Crippen MR) is 96.1 cm³/mol. The molecule has 0 aliphatic rings. The molecule has 6 nitrogen and oxygen atoms in total. The zero-order chi connectivity index (χ0) is 20.0. The summed E-state index contributed by atoms with van der Waals surface area (Å²) in [5.74, 6) is -2.76. The van der Waals surface area contributed by atoms with Crippen LogP contribution in [-0.4, -0.2) is 31.9 Å². The minimum absolute atomic E-state index is 0.811. The zero-order valence-corrected chi connectivity index (χ0v) is 15.8. The molecule has 3 aromatic heterocycles. The summed E-state index contributed by atoms with van der Waals surface area (Å²) < 4.78 is 34.5. The number of nitrogens with zero attached hydrogens (tertiary/aromatic N) is 3. The minimum Gasteiger partial charge on any atom is -0.475 e. The molecule has 0 saturated carbocycles. The Hall–Kier alpha value is -2.46. The van der Waals surface area contributed by atoms with Gasteiger partial charge in [0.05, 0.1) is 5.52 Å². The molecule has 0 radical (unpaired) electrons. The summed E-state index contributed by atoms with van der Waals surface area (Å²) >= 11 is 3.41. The van der Waals surface area contributed by atoms with Gasteiger partial charge in [0, 0.05) is 31.7 Å². The first-order chi connectivity index (χ1) is 12.7. The van der Waals surface area contributed by atoms with E-state index in [0.717, 1.165) is 28.8 Å². The molecule has 27 heavy (non-hydrogen) atoms. The van der Waals surface area contributed by atoms with Crippen LogP contribution >= 0.6 is 15.9 Å². The van der Waals surface area contributed by atoms with Crippen molar-refractivity contribution in [2.75, 3.05) is 0 Å². The van der Waals surface area contributed by atoms with Gasteiger partial charge in [-0.2, -0.15) is 18.3 Å². The second-order valence-electron chi connectivity index (χ2n) is 5.59. The number of nitrogens with one attached hydrogen (secondary N) is 1. The number of hydrogen-bond acceptors (Lipinski definition) is 4. The number of aliphatic carboxylic acids is 1. The molecule has 0 aliphatic heterocycles. The van der Waals surface area contributed by atoms with Gasteiger partial charge in [-0.25, -0.2) is 14.3 Å². The molecule has 0 atom stereocenters. The van der Waals surface area contributed by atoms with E-state index in [0.29, 0.717) is 0 Å². The normalized spacial score (nSPS) is 11.1. The first kappa shape index (κ1) is 20.8. The molecule has 0 fully saturated rings. The smallest absolute Gasteiger partial charge is 0.475 e. The minimum atomic E-state index is -5.08. The Balaban J connectivity index is 0.000000321. The maximum absolute atomic E-state index is 10.6. The fraction of sp³-hybridized carbons (Fsp3) is 0.235. The monoisotopic (exact) mass is 444 g/mol. The predicted octanol–water partition coefficient (Wildman–Crippen LogP) is 3.72. The third-order valence-electron chi connectivity index (χ3n) is 3.44. The van der Waals surface area contributed by atoms with Crippen LogP contribution < -0.4 is 5.32 Å². The number of carboxylic acids is 1. The van der Waals surface area contributed by atoms with Gasteiger partial charge in [-0.05, 0) is 57.7 Å². The lowest BCUT2D eigenvalue weighted by molar-refractivity contribution is -0.192. The number of alkyl halides is 3. The Bertz CT molecular complexity index is 928. The van der Waals surface area contributed by atoms with Crippen molar-refractivity contribution in [2.24, 2.45) is 0 Å². The van der Waals surface area contributed by atoms with Crippen molar-refractivity contribution >= 4 is 27.4 Å². The van der Waals surface area contributed by atoms with Crippen LogP contribution in [0, 0.1) is 6.92 Å². The van der Waals surface area contributed by atoms with Gasteiger partial charge in [0.15, 0.2) is 0 Å². The summed E-state index contributed by atoms with van der Waals surface area (Å²) in [4.78, 5) is 13.2. The number of rotatable bonds is 4. The van der Waals surface area contributed by atoms with Crippen molar-refractivity contribution in [3.05, 3.63) is 64.1 Å². The average Bonchev–Trinajstić information content (AvgIpc) is 3.05. The molecule has 0 saturated heterocycles. The van der Waals surface area contributed by atoms with Crippen molar-refractivity contribution < 1.29 is 23.1 Å². The first-order valence-electron chi connectivity index (χ1n) is 7.71. The van der Waals surface area contributed by atoms with E-state index in [2.05, 4.69) is 49.5 Å². The van der Waals surface area contributed by atoms with E-state index in [4.69, 9.17) is 9.90 Å². The highest BCUT2D eigenvalue weighted by atomic mass is 79.9. The number of fused-ring (bicyclic) bond motifs is 1. The van der Waals surface area contributed by atoms with Crippen LogP contribution in [0.5, 0.6) is 0 Å². The molecule has 0 amide bonds. The van der Waals surface area contributed by atoms with E-state index >= 15 is 0 Å². The van der Waals surface area contributed by atoms with Gasteiger partial charge in [0.2, 0.25) is 0 Å². The van der Waals surface area contributed by atoms with Gasteiger partial charge in [0.25, 0.3) is 0 Å². The second kappa shape index (κ2) is 8.96. The summed E-state index contributed by atoms with van der Waals surface area (Å²) in [5, 5.41) is 14.8. The highest BCUT2D eigenvalue weighted by Gasteiger charge is 2.38. The fourth-order valence-corrected chi connectivity index (χ4v) is 2.36. The van der Waals surface area contributed by atoms with Crippen molar-refractivity contribution in [3.63, 3.8) is 0 Å². The Morgan fingerprint density at radius 3 is 2.56 bits per heavy atom. The van der Waals surface area contributed by atoms with E-state index in [-0.39, 0.29) is 0 Å². The molecule has 3 heterocycles. The number of halogens is 4. The van der Waals surface area contributed by atoms with Gasteiger partial charge < -0.3 is 10.4 Å². The molecule has 0 spiro atoms. The van der Waals surface area contributed by atoms with Gasteiger partial charge >= 0.3 is 12.1 Å². The summed E-state index contributed by atoms with van der Waals surface area (Å²) in [7, 11) is 0. The third-order valence-corrected chi connectivity index (χ3v) is 4.27. The lowest BCUT2D eigenvalue weighted by Crippen LogP contribution is -2.21. The molecule has 2 N–H and O–H groups in total. The molecule has 10 heteroatoms. The van der Waals surface area contributed by atoms with Crippen LogP contribution in [0.4, 0.5) is 13.2 Å². The van der Waals surface area contributed by atoms with Crippen molar-refractivity contribution in [1.29, 1.82) is 0 Å². The quantitative estimate of drug-likeness (QED) is 0.599. The molecular weight excluding hydrogens is 429 g/mol. The van der Waals surface area contributed by atoms with Crippen LogP contribution in [0.25, 0.3) is 5.52 Å². The number of hydrogen-bond donors (Lipinski definition) is 2. The Kier molecular flexibility index (Phi) is 6.92. The van der Waals surface area contributed by atoms with Gasteiger partial charge in [-0.15, -0.1) is 0 Å².